The van der Waals surface area contributed by atoms with Crippen LogP contribution in [0.15, 0.2) is 16.8 Å². The van der Waals surface area contributed by atoms with Gasteiger partial charge in [-0.25, -0.2) is 4.99 Å². The summed E-state index contributed by atoms with van der Waals surface area (Å²) in [5.41, 5.74) is 0.740. The minimum atomic E-state index is 0.169. The van der Waals surface area contributed by atoms with E-state index in [0.717, 1.165) is 19.5 Å². The zero-order chi connectivity index (χ0) is 10.7. The van der Waals surface area contributed by atoms with Crippen LogP contribution in [0.4, 0.5) is 0 Å². The Hall–Kier alpha value is -1.14. The maximum Gasteiger partial charge on any atom is 0.136 e. The van der Waals surface area contributed by atoms with E-state index in [1.165, 1.54) is 12.8 Å². The largest absolute Gasteiger partial charge is 0.317 e. The number of aliphatic imine (C=N–C) groups is 1. The number of hydrogen-bond donors (Lipinski definition) is 1. The minimum Gasteiger partial charge on any atom is -0.317 e. The molecule has 2 aliphatic heterocycles. The van der Waals surface area contributed by atoms with Crippen molar-refractivity contribution in [3.8, 4) is 6.07 Å². The van der Waals surface area contributed by atoms with Crippen molar-refractivity contribution in [3.63, 3.8) is 0 Å². The second-order valence-corrected chi connectivity index (χ2v) is 4.69. The van der Waals surface area contributed by atoms with E-state index in [2.05, 4.69) is 23.3 Å². The molecule has 0 radical (unpaired) electrons. The molecule has 1 fully saturated rings. The van der Waals surface area contributed by atoms with E-state index in [1.54, 1.807) is 0 Å². The van der Waals surface area contributed by atoms with E-state index in [1.807, 2.05) is 12.3 Å². The van der Waals surface area contributed by atoms with E-state index in [4.69, 9.17) is 5.26 Å². The SMILES string of the molecule is CC1(C2CCNCC2)C=NC(C#N)=CC1. The Bertz CT molecular complexity index is 331. The predicted octanol–water partition coefficient (Wildman–Crippen LogP) is 1.87. The summed E-state index contributed by atoms with van der Waals surface area (Å²) in [7, 11) is 0. The van der Waals surface area contributed by atoms with E-state index < -0.39 is 0 Å². The number of nitriles is 1. The third-order valence-corrected chi connectivity index (χ3v) is 3.62. The van der Waals surface area contributed by atoms with Crippen LogP contribution in [0.2, 0.25) is 0 Å². The standard InChI is InChI=1S/C12H17N3/c1-12(10-3-6-14-7-4-10)5-2-11(8-13)15-9-12/h2,9-10,14H,3-7H2,1H3. The van der Waals surface area contributed by atoms with Gasteiger partial charge in [-0.3, -0.25) is 0 Å². The first kappa shape index (κ1) is 10.4. The molecule has 0 saturated carbocycles. The first-order valence-corrected chi connectivity index (χ1v) is 5.61. The Morgan fingerprint density at radius 1 is 1.53 bits per heavy atom. The second kappa shape index (κ2) is 4.16. The zero-order valence-electron chi connectivity index (χ0n) is 9.16. The Balaban J connectivity index is 2.07. The molecule has 1 atom stereocenters. The summed E-state index contributed by atoms with van der Waals surface area (Å²) in [6, 6.07) is 2.10. The lowest BCUT2D eigenvalue weighted by Crippen LogP contribution is -2.38. The van der Waals surface area contributed by atoms with Crippen molar-refractivity contribution in [3.05, 3.63) is 11.8 Å². The van der Waals surface area contributed by atoms with Gasteiger partial charge in [-0.1, -0.05) is 6.92 Å². The van der Waals surface area contributed by atoms with E-state index in [9.17, 15) is 0 Å². The number of piperidine rings is 1. The first-order chi connectivity index (χ1) is 7.24. The number of allylic oxidation sites excluding steroid dienone is 2. The highest BCUT2D eigenvalue weighted by Crippen LogP contribution is 2.38. The van der Waals surface area contributed by atoms with Crippen molar-refractivity contribution >= 4 is 6.21 Å². The molecule has 1 N–H and O–H groups in total. The van der Waals surface area contributed by atoms with Gasteiger partial charge in [-0.2, -0.15) is 5.26 Å². The topological polar surface area (TPSA) is 48.2 Å². The van der Waals surface area contributed by atoms with Crippen LogP contribution in [0.5, 0.6) is 0 Å². The van der Waals surface area contributed by atoms with Gasteiger partial charge in [-0.15, -0.1) is 0 Å². The molecule has 3 heteroatoms. The summed E-state index contributed by atoms with van der Waals surface area (Å²) in [6.07, 6.45) is 7.38. The van der Waals surface area contributed by atoms with Crippen molar-refractivity contribution in [2.75, 3.05) is 13.1 Å². The smallest absolute Gasteiger partial charge is 0.136 e. The fourth-order valence-electron chi connectivity index (χ4n) is 2.47. The molecule has 0 aliphatic carbocycles. The Morgan fingerprint density at radius 3 is 2.80 bits per heavy atom. The Kier molecular flexibility index (Phi) is 2.88. The van der Waals surface area contributed by atoms with Crippen molar-refractivity contribution < 1.29 is 0 Å². The summed E-state index contributed by atoms with van der Waals surface area (Å²) in [6.45, 7) is 4.49. The van der Waals surface area contributed by atoms with Crippen LogP contribution in [-0.4, -0.2) is 19.3 Å². The van der Waals surface area contributed by atoms with Crippen molar-refractivity contribution in [1.29, 1.82) is 5.26 Å². The highest BCUT2D eigenvalue weighted by Gasteiger charge is 2.34. The van der Waals surface area contributed by atoms with Crippen LogP contribution in [0.25, 0.3) is 0 Å². The van der Waals surface area contributed by atoms with E-state index in [0.29, 0.717) is 11.6 Å². The fourth-order valence-corrected chi connectivity index (χ4v) is 2.47. The van der Waals surface area contributed by atoms with Gasteiger partial charge >= 0.3 is 0 Å². The number of nitrogens with zero attached hydrogens (tertiary/aromatic N) is 2. The van der Waals surface area contributed by atoms with Gasteiger partial charge in [-0.05, 0) is 44.3 Å². The number of nitrogens with one attached hydrogen (secondary N) is 1. The summed E-state index contributed by atoms with van der Waals surface area (Å²) in [4.78, 5) is 4.23. The van der Waals surface area contributed by atoms with Gasteiger partial charge in [0.25, 0.3) is 0 Å². The molecule has 0 bridgehead atoms. The van der Waals surface area contributed by atoms with Crippen molar-refractivity contribution in [2.45, 2.75) is 26.2 Å². The average molecular weight is 203 g/mol. The van der Waals surface area contributed by atoms with Crippen LogP contribution in [-0.2, 0) is 0 Å². The molecule has 1 unspecified atom stereocenters. The normalized spacial score (nSPS) is 32.1. The quantitative estimate of drug-likeness (QED) is 0.707. The Morgan fingerprint density at radius 2 is 2.27 bits per heavy atom. The van der Waals surface area contributed by atoms with Gasteiger partial charge in [0.2, 0.25) is 0 Å². The lowest BCUT2D eigenvalue weighted by Gasteiger charge is -2.37. The van der Waals surface area contributed by atoms with Crippen LogP contribution >= 0.6 is 0 Å². The third-order valence-electron chi connectivity index (χ3n) is 3.62. The molecule has 1 saturated heterocycles. The maximum absolute atomic E-state index is 8.73. The summed E-state index contributed by atoms with van der Waals surface area (Å²) in [5, 5.41) is 12.1. The highest BCUT2D eigenvalue weighted by molar-refractivity contribution is 5.69. The lowest BCUT2D eigenvalue weighted by molar-refractivity contribution is 0.225. The molecule has 0 spiro atoms. The van der Waals surface area contributed by atoms with Gasteiger partial charge in [0.05, 0.1) is 0 Å². The van der Waals surface area contributed by atoms with Crippen LogP contribution in [0, 0.1) is 22.7 Å². The molecule has 80 valence electrons. The Labute approximate surface area is 90.9 Å². The summed E-state index contributed by atoms with van der Waals surface area (Å²) >= 11 is 0. The zero-order valence-corrected chi connectivity index (χ0v) is 9.16. The maximum atomic E-state index is 8.73. The van der Waals surface area contributed by atoms with Gasteiger partial charge < -0.3 is 5.32 Å². The molecule has 2 heterocycles. The predicted molar refractivity (Wildman–Crippen MR) is 60.5 cm³/mol. The van der Waals surface area contributed by atoms with Gasteiger partial charge in [0, 0.05) is 11.6 Å². The number of rotatable bonds is 1. The molecule has 0 aromatic heterocycles. The molecule has 3 nitrogen and oxygen atoms in total. The number of hydrogen-bond acceptors (Lipinski definition) is 3. The lowest BCUT2D eigenvalue weighted by atomic mass is 9.70. The first-order valence-electron chi connectivity index (χ1n) is 5.61. The monoisotopic (exact) mass is 203 g/mol. The molecule has 0 amide bonds. The van der Waals surface area contributed by atoms with E-state index >= 15 is 0 Å². The van der Waals surface area contributed by atoms with Crippen LogP contribution in [0.3, 0.4) is 0 Å². The summed E-state index contributed by atoms with van der Waals surface area (Å²) < 4.78 is 0. The van der Waals surface area contributed by atoms with Crippen molar-refractivity contribution in [1.82, 2.24) is 5.32 Å². The van der Waals surface area contributed by atoms with Crippen LogP contribution < -0.4 is 5.32 Å². The summed E-state index contributed by atoms with van der Waals surface area (Å²) in [5.74, 6) is 0.707. The van der Waals surface area contributed by atoms with Crippen LogP contribution in [0.1, 0.15) is 26.2 Å². The minimum absolute atomic E-state index is 0.169. The van der Waals surface area contributed by atoms with Crippen molar-refractivity contribution in [2.24, 2.45) is 16.3 Å². The molecule has 0 aromatic rings. The highest BCUT2D eigenvalue weighted by atomic mass is 14.9. The molecule has 0 aromatic carbocycles. The second-order valence-electron chi connectivity index (χ2n) is 4.69. The molecule has 15 heavy (non-hydrogen) atoms. The average Bonchev–Trinajstić information content (AvgIpc) is 2.31. The van der Waals surface area contributed by atoms with Gasteiger partial charge in [0.15, 0.2) is 0 Å². The molecule has 2 rings (SSSR count). The van der Waals surface area contributed by atoms with E-state index in [-0.39, 0.29) is 5.41 Å². The van der Waals surface area contributed by atoms with Gasteiger partial charge in [0.1, 0.15) is 11.8 Å². The fraction of sp³-hybridized carbons (Fsp3) is 0.667. The molecule has 2 aliphatic rings. The molecular formula is C12H17N3. The molecular weight excluding hydrogens is 186 g/mol. The third kappa shape index (κ3) is 2.10.